The Kier molecular flexibility index (Phi) is 3.76. The van der Waals surface area contributed by atoms with Crippen LogP contribution in [0, 0.1) is 11.2 Å². The molecule has 0 saturated heterocycles. The van der Waals surface area contributed by atoms with Crippen molar-refractivity contribution in [1.82, 2.24) is 0 Å². The fourth-order valence-corrected chi connectivity index (χ4v) is 2.54. The number of carbonyl (C=O) groups is 2. The summed E-state index contributed by atoms with van der Waals surface area (Å²) in [6.45, 7) is 1.77. The minimum atomic E-state index is -1.29. The highest BCUT2D eigenvalue weighted by molar-refractivity contribution is 6.02. The van der Waals surface area contributed by atoms with Crippen LogP contribution in [0.15, 0.2) is 18.2 Å². The zero-order chi connectivity index (χ0) is 14.9. The number of rotatable bonds is 3. The maximum atomic E-state index is 13.1. The Bertz CT molecular complexity index is 561. The van der Waals surface area contributed by atoms with Crippen LogP contribution in [0.4, 0.5) is 10.1 Å². The van der Waals surface area contributed by atoms with Gasteiger partial charge in [-0.3, -0.25) is 4.79 Å². The van der Waals surface area contributed by atoms with Gasteiger partial charge in [0, 0.05) is 6.04 Å². The fourth-order valence-electron chi connectivity index (χ4n) is 2.54. The molecule has 20 heavy (non-hydrogen) atoms. The average Bonchev–Trinajstić information content (AvgIpc) is 2.73. The van der Waals surface area contributed by atoms with Crippen molar-refractivity contribution in [3.63, 3.8) is 0 Å². The monoisotopic (exact) mass is 280 g/mol. The molecule has 1 fully saturated rings. The van der Waals surface area contributed by atoms with Gasteiger partial charge in [0.05, 0.1) is 16.7 Å². The number of carboxylic acid groups (broad SMARTS) is 1. The predicted octanol–water partition coefficient (Wildman–Crippen LogP) is 1.98. The van der Waals surface area contributed by atoms with Gasteiger partial charge in [-0.05, 0) is 38.0 Å². The highest BCUT2D eigenvalue weighted by atomic mass is 19.1. The second-order valence-corrected chi connectivity index (χ2v) is 5.37. The Labute approximate surface area is 116 Å². The molecule has 1 aliphatic rings. The van der Waals surface area contributed by atoms with Crippen molar-refractivity contribution in [3.05, 3.63) is 29.6 Å². The van der Waals surface area contributed by atoms with E-state index in [9.17, 15) is 14.0 Å². The maximum Gasteiger partial charge on any atom is 0.337 e. The van der Waals surface area contributed by atoms with Gasteiger partial charge in [-0.15, -0.1) is 0 Å². The van der Waals surface area contributed by atoms with Gasteiger partial charge in [-0.1, -0.05) is 6.42 Å². The number of halogens is 1. The van der Waals surface area contributed by atoms with E-state index in [-0.39, 0.29) is 23.2 Å². The Hall–Kier alpha value is -1.95. The molecule has 2 atom stereocenters. The van der Waals surface area contributed by atoms with Crippen LogP contribution in [0.3, 0.4) is 0 Å². The topological polar surface area (TPSA) is 92.4 Å². The molecule has 5 nitrogen and oxygen atoms in total. The molecule has 0 bridgehead atoms. The number of aromatic carboxylic acids is 1. The second-order valence-electron chi connectivity index (χ2n) is 5.37. The van der Waals surface area contributed by atoms with Crippen molar-refractivity contribution < 1.29 is 19.1 Å². The third-order valence-electron chi connectivity index (χ3n) is 4.01. The van der Waals surface area contributed by atoms with Crippen molar-refractivity contribution in [2.45, 2.75) is 32.2 Å². The van der Waals surface area contributed by atoms with Crippen LogP contribution in [0.5, 0.6) is 0 Å². The molecule has 1 saturated carbocycles. The van der Waals surface area contributed by atoms with Gasteiger partial charge in [0.1, 0.15) is 5.82 Å². The van der Waals surface area contributed by atoms with Crippen molar-refractivity contribution in [3.8, 4) is 0 Å². The molecule has 0 spiro atoms. The summed E-state index contributed by atoms with van der Waals surface area (Å²) < 4.78 is 13.1. The summed E-state index contributed by atoms with van der Waals surface area (Å²) in [6, 6.07) is 2.99. The summed E-state index contributed by atoms with van der Waals surface area (Å²) in [5.41, 5.74) is 5.05. The van der Waals surface area contributed by atoms with Crippen LogP contribution in [0.1, 0.15) is 36.5 Å². The molecule has 2 unspecified atom stereocenters. The smallest absolute Gasteiger partial charge is 0.337 e. The molecule has 1 aromatic carbocycles. The lowest BCUT2D eigenvalue weighted by Gasteiger charge is -2.27. The van der Waals surface area contributed by atoms with Crippen molar-refractivity contribution >= 4 is 17.6 Å². The molecule has 4 N–H and O–H groups in total. The van der Waals surface area contributed by atoms with E-state index in [0.717, 1.165) is 25.0 Å². The number of benzene rings is 1. The lowest BCUT2D eigenvalue weighted by Crippen LogP contribution is -2.44. The van der Waals surface area contributed by atoms with E-state index in [1.54, 1.807) is 6.92 Å². The van der Waals surface area contributed by atoms with E-state index in [2.05, 4.69) is 5.32 Å². The summed E-state index contributed by atoms with van der Waals surface area (Å²) >= 11 is 0. The number of carbonyl (C=O) groups excluding carboxylic acids is 1. The highest BCUT2D eigenvalue weighted by Gasteiger charge is 2.43. The molecule has 108 valence electrons. The second kappa shape index (κ2) is 5.20. The van der Waals surface area contributed by atoms with Crippen LogP contribution in [-0.4, -0.2) is 23.0 Å². The molecular formula is C14H17FN2O3. The molecule has 0 aromatic heterocycles. The largest absolute Gasteiger partial charge is 0.478 e. The first-order valence-corrected chi connectivity index (χ1v) is 6.44. The van der Waals surface area contributed by atoms with E-state index in [1.165, 1.54) is 6.07 Å². The predicted molar refractivity (Wildman–Crippen MR) is 71.9 cm³/mol. The average molecular weight is 280 g/mol. The minimum absolute atomic E-state index is 0.0872. The van der Waals surface area contributed by atoms with Gasteiger partial charge in [-0.2, -0.15) is 0 Å². The van der Waals surface area contributed by atoms with Gasteiger partial charge in [0.15, 0.2) is 0 Å². The zero-order valence-corrected chi connectivity index (χ0v) is 11.1. The molecule has 1 aliphatic carbocycles. The molecular weight excluding hydrogens is 263 g/mol. The quantitative estimate of drug-likeness (QED) is 0.789. The Morgan fingerprint density at radius 2 is 2.20 bits per heavy atom. The van der Waals surface area contributed by atoms with Crippen molar-refractivity contribution in [1.29, 1.82) is 0 Å². The first-order chi connectivity index (χ1) is 9.34. The van der Waals surface area contributed by atoms with E-state index in [1.807, 2.05) is 0 Å². The number of amides is 1. The third-order valence-corrected chi connectivity index (χ3v) is 4.01. The van der Waals surface area contributed by atoms with Crippen LogP contribution in [0.2, 0.25) is 0 Å². The van der Waals surface area contributed by atoms with Crippen molar-refractivity contribution in [2.75, 3.05) is 5.32 Å². The standard InChI is InChI=1S/C14H17FN2O3/c1-14(6-2-3-11(14)16)13(20)17-10-5-4-8(15)7-9(10)12(18)19/h4-5,7,11H,2-3,6,16H2,1H3,(H,17,20)(H,18,19). The fraction of sp³-hybridized carbons (Fsp3) is 0.429. The molecule has 1 amide bonds. The summed E-state index contributed by atoms with van der Waals surface area (Å²) in [6.07, 6.45) is 2.28. The number of anilines is 1. The highest BCUT2D eigenvalue weighted by Crippen LogP contribution is 2.38. The van der Waals surface area contributed by atoms with E-state index >= 15 is 0 Å². The Morgan fingerprint density at radius 3 is 2.75 bits per heavy atom. The third kappa shape index (κ3) is 2.51. The Morgan fingerprint density at radius 1 is 1.50 bits per heavy atom. The van der Waals surface area contributed by atoms with E-state index in [4.69, 9.17) is 10.8 Å². The van der Waals surface area contributed by atoms with Gasteiger partial charge in [0.25, 0.3) is 0 Å². The normalized spacial score (nSPS) is 25.4. The van der Waals surface area contributed by atoms with Gasteiger partial charge < -0.3 is 16.2 Å². The first-order valence-electron chi connectivity index (χ1n) is 6.44. The lowest BCUT2D eigenvalue weighted by molar-refractivity contribution is -0.125. The van der Waals surface area contributed by atoms with E-state index in [0.29, 0.717) is 6.42 Å². The summed E-state index contributed by atoms with van der Waals surface area (Å²) in [5.74, 6) is -2.28. The zero-order valence-electron chi connectivity index (χ0n) is 11.1. The number of nitrogens with one attached hydrogen (secondary N) is 1. The summed E-state index contributed by atoms with van der Waals surface area (Å²) in [4.78, 5) is 23.4. The maximum absolute atomic E-state index is 13.1. The SMILES string of the molecule is CC1(C(=O)Nc2ccc(F)cc2C(=O)O)CCCC1N. The Balaban J connectivity index is 2.26. The van der Waals surface area contributed by atoms with Crippen LogP contribution in [-0.2, 0) is 4.79 Å². The van der Waals surface area contributed by atoms with Crippen LogP contribution >= 0.6 is 0 Å². The first kappa shape index (κ1) is 14.5. The van der Waals surface area contributed by atoms with Gasteiger partial charge in [-0.25, -0.2) is 9.18 Å². The molecule has 1 aromatic rings. The molecule has 6 heteroatoms. The number of carboxylic acids is 1. The number of hydrogen-bond donors (Lipinski definition) is 3. The number of nitrogens with two attached hydrogens (primary N) is 1. The van der Waals surface area contributed by atoms with Crippen LogP contribution < -0.4 is 11.1 Å². The summed E-state index contributed by atoms with van der Waals surface area (Å²) in [7, 11) is 0. The van der Waals surface area contributed by atoms with Gasteiger partial charge in [0.2, 0.25) is 5.91 Å². The lowest BCUT2D eigenvalue weighted by atomic mass is 9.84. The van der Waals surface area contributed by atoms with Crippen molar-refractivity contribution in [2.24, 2.45) is 11.1 Å². The van der Waals surface area contributed by atoms with Gasteiger partial charge >= 0.3 is 5.97 Å². The summed E-state index contributed by atoms with van der Waals surface area (Å²) in [5, 5.41) is 11.6. The molecule has 2 rings (SSSR count). The number of hydrogen-bond acceptors (Lipinski definition) is 3. The molecule has 0 aliphatic heterocycles. The van der Waals surface area contributed by atoms with E-state index < -0.39 is 17.2 Å². The van der Waals surface area contributed by atoms with Crippen LogP contribution in [0.25, 0.3) is 0 Å². The minimum Gasteiger partial charge on any atom is -0.478 e. The molecule has 0 heterocycles. The molecule has 0 radical (unpaired) electrons.